The highest BCUT2D eigenvalue weighted by Crippen LogP contribution is 2.16. The van der Waals surface area contributed by atoms with Crippen molar-refractivity contribution in [1.29, 1.82) is 0 Å². The van der Waals surface area contributed by atoms with Gasteiger partial charge in [0.1, 0.15) is 5.75 Å². The fourth-order valence-corrected chi connectivity index (χ4v) is 1.08. The highest BCUT2D eigenvalue weighted by atomic mass is 16.5. The lowest BCUT2D eigenvalue weighted by molar-refractivity contribution is 0.0696. The second-order valence-corrected chi connectivity index (χ2v) is 2.72. The largest absolute Gasteiger partial charge is 0.497 e. The van der Waals surface area contributed by atoms with Crippen molar-refractivity contribution in [2.45, 2.75) is 0 Å². The topological polar surface area (TPSA) is 72.5 Å². The molecule has 1 aromatic carbocycles. The van der Waals surface area contributed by atoms with Gasteiger partial charge in [0, 0.05) is 5.56 Å². The average Bonchev–Trinajstić information content (AvgIpc) is 2.26. The van der Waals surface area contributed by atoms with Gasteiger partial charge in [-0.3, -0.25) is 0 Å². The van der Waals surface area contributed by atoms with Crippen LogP contribution in [0.4, 0.5) is 0 Å². The van der Waals surface area contributed by atoms with Crippen molar-refractivity contribution in [2.24, 2.45) is 5.73 Å². The maximum atomic E-state index is 10.9. The Morgan fingerprint density at radius 1 is 1.60 bits per heavy atom. The number of carboxylic acid groups (broad SMARTS) is 1. The molecule has 0 aliphatic rings. The van der Waals surface area contributed by atoms with Crippen LogP contribution in [0.5, 0.6) is 5.75 Å². The third-order valence-electron chi connectivity index (χ3n) is 1.78. The standard InChI is InChI=1S/C11H11NO3/c1-15-9-5-4-8(3-2-6-12)10(7-9)11(13)14/h4-5,7H,6,12H2,1H3,(H,13,14). The quantitative estimate of drug-likeness (QED) is 0.697. The molecule has 78 valence electrons. The van der Waals surface area contributed by atoms with E-state index >= 15 is 0 Å². The normalized spacial score (nSPS) is 8.93. The van der Waals surface area contributed by atoms with E-state index < -0.39 is 5.97 Å². The lowest BCUT2D eigenvalue weighted by atomic mass is 10.1. The van der Waals surface area contributed by atoms with E-state index in [2.05, 4.69) is 11.8 Å². The highest BCUT2D eigenvalue weighted by Gasteiger charge is 2.09. The van der Waals surface area contributed by atoms with Crippen LogP contribution in [0, 0.1) is 11.8 Å². The highest BCUT2D eigenvalue weighted by molar-refractivity contribution is 5.91. The maximum absolute atomic E-state index is 10.9. The van der Waals surface area contributed by atoms with Gasteiger partial charge in [0.2, 0.25) is 0 Å². The molecular formula is C11H11NO3. The predicted octanol–water partition coefficient (Wildman–Crippen LogP) is 0.704. The number of aromatic carboxylic acids is 1. The van der Waals surface area contributed by atoms with E-state index in [9.17, 15) is 4.79 Å². The van der Waals surface area contributed by atoms with Crippen molar-refractivity contribution < 1.29 is 14.6 Å². The number of ether oxygens (including phenoxy) is 1. The van der Waals surface area contributed by atoms with Crippen molar-refractivity contribution >= 4 is 5.97 Å². The third kappa shape index (κ3) is 2.73. The smallest absolute Gasteiger partial charge is 0.337 e. The van der Waals surface area contributed by atoms with Crippen molar-refractivity contribution in [1.82, 2.24) is 0 Å². The minimum atomic E-state index is -1.03. The van der Waals surface area contributed by atoms with Gasteiger partial charge in [-0.15, -0.1) is 0 Å². The first kappa shape index (κ1) is 11.1. The Bertz CT molecular complexity index is 429. The van der Waals surface area contributed by atoms with Crippen LogP contribution in [-0.4, -0.2) is 24.7 Å². The molecular weight excluding hydrogens is 194 g/mol. The molecule has 0 aliphatic carbocycles. The molecule has 1 rings (SSSR count). The lowest BCUT2D eigenvalue weighted by Crippen LogP contribution is -2.01. The van der Waals surface area contributed by atoms with Crippen LogP contribution in [-0.2, 0) is 0 Å². The van der Waals surface area contributed by atoms with Crippen molar-refractivity contribution in [3.63, 3.8) is 0 Å². The number of methoxy groups -OCH3 is 1. The summed E-state index contributed by atoms with van der Waals surface area (Å²) in [6.07, 6.45) is 0. The van der Waals surface area contributed by atoms with Gasteiger partial charge in [-0.2, -0.15) is 0 Å². The van der Waals surface area contributed by atoms with Gasteiger partial charge in [0.25, 0.3) is 0 Å². The van der Waals surface area contributed by atoms with Crippen LogP contribution in [0.15, 0.2) is 18.2 Å². The van der Waals surface area contributed by atoms with Gasteiger partial charge < -0.3 is 15.6 Å². The summed E-state index contributed by atoms with van der Waals surface area (Å²) >= 11 is 0. The predicted molar refractivity (Wildman–Crippen MR) is 55.9 cm³/mol. The van der Waals surface area contributed by atoms with Gasteiger partial charge in [-0.05, 0) is 18.2 Å². The zero-order valence-electron chi connectivity index (χ0n) is 8.28. The zero-order valence-corrected chi connectivity index (χ0v) is 8.28. The van der Waals surface area contributed by atoms with Gasteiger partial charge >= 0.3 is 5.97 Å². The summed E-state index contributed by atoms with van der Waals surface area (Å²) in [6.45, 7) is 0.199. The van der Waals surface area contributed by atoms with E-state index in [4.69, 9.17) is 15.6 Å². The van der Waals surface area contributed by atoms with E-state index in [1.54, 1.807) is 12.1 Å². The summed E-state index contributed by atoms with van der Waals surface area (Å²) in [6, 6.07) is 4.70. The summed E-state index contributed by atoms with van der Waals surface area (Å²) in [5.41, 5.74) is 5.77. The molecule has 0 spiro atoms. The third-order valence-corrected chi connectivity index (χ3v) is 1.78. The van der Waals surface area contributed by atoms with Crippen molar-refractivity contribution in [3.8, 4) is 17.6 Å². The average molecular weight is 205 g/mol. The molecule has 1 aromatic rings. The van der Waals surface area contributed by atoms with E-state index in [-0.39, 0.29) is 12.1 Å². The summed E-state index contributed by atoms with van der Waals surface area (Å²) in [7, 11) is 1.48. The number of nitrogens with two attached hydrogens (primary N) is 1. The van der Waals surface area contributed by atoms with Crippen LogP contribution in [0.25, 0.3) is 0 Å². The van der Waals surface area contributed by atoms with E-state index in [1.807, 2.05) is 0 Å². The SMILES string of the molecule is COc1ccc(C#CCN)c(C(=O)O)c1. The molecule has 0 aromatic heterocycles. The molecule has 0 atom stereocenters. The number of carboxylic acids is 1. The number of carbonyl (C=O) groups is 1. The fraction of sp³-hybridized carbons (Fsp3) is 0.182. The van der Waals surface area contributed by atoms with Crippen LogP contribution in [0.3, 0.4) is 0 Å². The Morgan fingerprint density at radius 2 is 2.33 bits per heavy atom. The van der Waals surface area contributed by atoms with E-state index in [0.717, 1.165) is 0 Å². The Balaban J connectivity index is 3.21. The molecule has 0 amide bonds. The molecule has 4 heteroatoms. The summed E-state index contributed by atoms with van der Waals surface area (Å²) in [5, 5.41) is 8.93. The Kier molecular flexibility index (Phi) is 3.72. The van der Waals surface area contributed by atoms with E-state index in [1.165, 1.54) is 13.2 Å². The Labute approximate surface area is 87.7 Å². The maximum Gasteiger partial charge on any atom is 0.337 e. The molecule has 15 heavy (non-hydrogen) atoms. The molecule has 0 heterocycles. The van der Waals surface area contributed by atoms with E-state index in [0.29, 0.717) is 11.3 Å². The molecule has 0 fully saturated rings. The molecule has 0 unspecified atom stereocenters. The van der Waals surface area contributed by atoms with Gasteiger partial charge in [-0.1, -0.05) is 11.8 Å². The first-order valence-electron chi connectivity index (χ1n) is 4.29. The number of hydrogen-bond donors (Lipinski definition) is 2. The minimum Gasteiger partial charge on any atom is -0.497 e. The van der Waals surface area contributed by atoms with Gasteiger partial charge in [0.15, 0.2) is 0 Å². The first-order valence-corrected chi connectivity index (χ1v) is 4.29. The van der Waals surface area contributed by atoms with Crippen molar-refractivity contribution in [3.05, 3.63) is 29.3 Å². The Morgan fingerprint density at radius 3 is 2.87 bits per heavy atom. The molecule has 0 aliphatic heterocycles. The molecule has 0 saturated carbocycles. The second kappa shape index (κ2) is 5.03. The van der Waals surface area contributed by atoms with Crippen LogP contribution < -0.4 is 10.5 Å². The molecule has 0 radical (unpaired) electrons. The summed E-state index contributed by atoms with van der Waals surface area (Å²) < 4.78 is 4.93. The molecule has 4 nitrogen and oxygen atoms in total. The zero-order chi connectivity index (χ0) is 11.3. The first-order chi connectivity index (χ1) is 7.19. The Hall–Kier alpha value is -1.99. The van der Waals surface area contributed by atoms with Crippen LogP contribution in [0.2, 0.25) is 0 Å². The number of rotatable bonds is 2. The monoisotopic (exact) mass is 205 g/mol. The number of benzene rings is 1. The number of hydrogen-bond acceptors (Lipinski definition) is 3. The molecule has 0 saturated heterocycles. The lowest BCUT2D eigenvalue weighted by Gasteiger charge is -2.03. The van der Waals surface area contributed by atoms with Gasteiger partial charge in [-0.25, -0.2) is 4.79 Å². The van der Waals surface area contributed by atoms with Crippen LogP contribution in [0.1, 0.15) is 15.9 Å². The summed E-state index contributed by atoms with van der Waals surface area (Å²) in [4.78, 5) is 10.9. The molecule has 0 bridgehead atoms. The van der Waals surface area contributed by atoms with Gasteiger partial charge in [0.05, 0.1) is 19.2 Å². The summed E-state index contributed by atoms with van der Waals surface area (Å²) in [5.74, 6) is 4.76. The minimum absolute atomic E-state index is 0.121. The van der Waals surface area contributed by atoms with Crippen molar-refractivity contribution in [2.75, 3.05) is 13.7 Å². The second-order valence-electron chi connectivity index (χ2n) is 2.72. The van der Waals surface area contributed by atoms with Crippen LogP contribution >= 0.6 is 0 Å². The fourth-order valence-electron chi connectivity index (χ4n) is 1.08. The molecule has 3 N–H and O–H groups in total.